The summed E-state index contributed by atoms with van der Waals surface area (Å²) in [6, 6.07) is 0. The number of hydrogen-bond acceptors (Lipinski definition) is 1. The zero-order valence-corrected chi connectivity index (χ0v) is 8.29. The van der Waals surface area contributed by atoms with Crippen LogP contribution < -0.4 is 0 Å². The molecule has 1 nitrogen and oxygen atoms in total. The van der Waals surface area contributed by atoms with Crippen LogP contribution in [-0.2, 0) is 0 Å². The van der Waals surface area contributed by atoms with E-state index in [9.17, 15) is 5.11 Å². The molecular formula is C12H18O. The van der Waals surface area contributed by atoms with E-state index in [1.807, 2.05) is 0 Å². The summed E-state index contributed by atoms with van der Waals surface area (Å²) in [7, 11) is 0. The molecular weight excluding hydrogens is 160 g/mol. The monoisotopic (exact) mass is 178 g/mol. The van der Waals surface area contributed by atoms with E-state index < -0.39 is 0 Å². The molecule has 0 aromatic rings. The Bertz CT molecular complexity index is 260. The van der Waals surface area contributed by atoms with Crippen molar-refractivity contribution in [1.29, 1.82) is 0 Å². The van der Waals surface area contributed by atoms with Gasteiger partial charge >= 0.3 is 0 Å². The van der Waals surface area contributed by atoms with Crippen molar-refractivity contribution in [2.24, 2.45) is 16.7 Å². The average molecular weight is 178 g/mol. The van der Waals surface area contributed by atoms with Gasteiger partial charge in [0.25, 0.3) is 0 Å². The van der Waals surface area contributed by atoms with Crippen LogP contribution in [0.5, 0.6) is 0 Å². The highest BCUT2D eigenvalue weighted by atomic mass is 16.3. The standard InChI is InChI=1S/C12H18O/c1-2-3-4-9-5-6-11-7-12(11,8-11)10(9)13/h5-6,9-10,13H,2-4,7-8H2,1H3. The number of allylic oxidation sites excluding steroid dienone is 1. The van der Waals surface area contributed by atoms with Gasteiger partial charge in [-0.25, -0.2) is 0 Å². The van der Waals surface area contributed by atoms with Crippen LogP contribution in [0.1, 0.15) is 39.0 Å². The van der Waals surface area contributed by atoms with Crippen LogP contribution in [0.3, 0.4) is 0 Å². The van der Waals surface area contributed by atoms with Crippen LogP contribution in [-0.4, -0.2) is 11.2 Å². The maximum absolute atomic E-state index is 10.2. The lowest BCUT2D eigenvalue weighted by atomic mass is 9.87. The second-order valence-corrected chi connectivity index (χ2v) is 5.28. The molecule has 0 saturated heterocycles. The van der Waals surface area contributed by atoms with Gasteiger partial charge in [-0.2, -0.15) is 0 Å². The summed E-state index contributed by atoms with van der Waals surface area (Å²) < 4.78 is 0. The number of aliphatic hydroxyl groups is 1. The number of hydrogen-bond donors (Lipinski definition) is 1. The molecule has 3 rings (SSSR count). The van der Waals surface area contributed by atoms with Crippen molar-refractivity contribution in [3.8, 4) is 0 Å². The van der Waals surface area contributed by atoms with Crippen LogP contribution in [0.25, 0.3) is 0 Å². The van der Waals surface area contributed by atoms with Crippen molar-refractivity contribution >= 4 is 0 Å². The van der Waals surface area contributed by atoms with E-state index in [4.69, 9.17) is 0 Å². The highest BCUT2D eigenvalue weighted by Gasteiger charge is 2.85. The summed E-state index contributed by atoms with van der Waals surface area (Å²) in [4.78, 5) is 0. The average Bonchev–Trinajstić information content (AvgIpc) is 2.89. The quantitative estimate of drug-likeness (QED) is 0.658. The van der Waals surface area contributed by atoms with Crippen LogP contribution in [0.4, 0.5) is 0 Å². The third-order valence-electron chi connectivity index (χ3n) is 4.53. The van der Waals surface area contributed by atoms with Crippen LogP contribution in [0, 0.1) is 16.7 Å². The minimum atomic E-state index is -0.0101. The van der Waals surface area contributed by atoms with Gasteiger partial charge in [-0.15, -0.1) is 0 Å². The fraction of sp³-hybridized carbons (Fsp3) is 0.833. The molecule has 0 aliphatic heterocycles. The molecule has 0 spiro atoms. The molecule has 0 amide bonds. The fourth-order valence-electron chi connectivity index (χ4n) is 3.29. The molecule has 0 radical (unpaired) electrons. The summed E-state index contributed by atoms with van der Waals surface area (Å²) >= 11 is 0. The first kappa shape index (κ1) is 8.05. The first-order valence-corrected chi connectivity index (χ1v) is 5.62. The normalized spacial score (nSPS) is 55.5. The lowest BCUT2D eigenvalue weighted by molar-refractivity contribution is 0.0747. The van der Waals surface area contributed by atoms with Crippen molar-refractivity contribution < 1.29 is 5.11 Å². The van der Waals surface area contributed by atoms with E-state index in [1.165, 1.54) is 32.1 Å². The lowest BCUT2D eigenvalue weighted by Gasteiger charge is -2.23. The van der Waals surface area contributed by atoms with Crippen LogP contribution in [0.15, 0.2) is 12.2 Å². The molecule has 0 heterocycles. The van der Waals surface area contributed by atoms with E-state index >= 15 is 0 Å². The Hall–Kier alpha value is -0.300. The Morgan fingerprint density at radius 1 is 1.46 bits per heavy atom. The number of aliphatic hydroxyl groups excluding tert-OH is 1. The molecule has 13 heavy (non-hydrogen) atoms. The molecule has 0 aromatic carbocycles. The van der Waals surface area contributed by atoms with Gasteiger partial charge in [0, 0.05) is 11.3 Å². The Morgan fingerprint density at radius 3 is 2.92 bits per heavy atom. The van der Waals surface area contributed by atoms with Crippen molar-refractivity contribution in [2.75, 3.05) is 0 Å². The molecule has 72 valence electrons. The van der Waals surface area contributed by atoms with E-state index in [0.29, 0.717) is 16.7 Å². The van der Waals surface area contributed by atoms with Gasteiger partial charge < -0.3 is 5.11 Å². The van der Waals surface area contributed by atoms with Crippen molar-refractivity contribution in [3.05, 3.63) is 12.2 Å². The van der Waals surface area contributed by atoms with E-state index in [-0.39, 0.29) is 6.10 Å². The van der Waals surface area contributed by atoms with Gasteiger partial charge in [0.05, 0.1) is 6.10 Å². The predicted molar refractivity (Wildman–Crippen MR) is 52.3 cm³/mol. The van der Waals surface area contributed by atoms with Crippen molar-refractivity contribution in [3.63, 3.8) is 0 Å². The number of rotatable bonds is 3. The zero-order chi connectivity index (χ0) is 9.10. The summed E-state index contributed by atoms with van der Waals surface area (Å²) in [5, 5.41) is 10.2. The second kappa shape index (κ2) is 2.20. The molecule has 0 aromatic heterocycles. The maximum atomic E-state index is 10.2. The molecule has 2 unspecified atom stereocenters. The third kappa shape index (κ3) is 0.817. The molecule has 2 saturated carbocycles. The summed E-state index contributed by atoms with van der Waals surface area (Å²) in [5.41, 5.74) is 0.898. The lowest BCUT2D eigenvalue weighted by Crippen LogP contribution is -2.26. The van der Waals surface area contributed by atoms with E-state index in [1.54, 1.807) is 0 Å². The molecule has 0 bridgehead atoms. The van der Waals surface area contributed by atoms with E-state index in [0.717, 1.165) is 0 Å². The van der Waals surface area contributed by atoms with E-state index in [2.05, 4.69) is 19.1 Å². The third-order valence-corrected chi connectivity index (χ3v) is 4.53. The Morgan fingerprint density at radius 2 is 2.23 bits per heavy atom. The first-order chi connectivity index (χ1) is 6.24. The Labute approximate surface area is 79.8 Å². The minimum absolute atomic E-state index is 0.0101. The Kier molecular flexibility index (Phi) is 1.36. The zero-order valence-electron chi connectivity index (χ0n) is 8.29. The van der Waals surface area contributed by atoms with Gasteiger partial charge in [0.1, 0.15) is 0 Å². The smallest absolute Gasteiger partial charge is 0.0667 e. The van der Waals surface area contributed by atoms with Gasteiger partial charge in [-0.3, -0.25) is 0 Å². The fourth-order valence-corrected chi connectivity index (χ4v) is 3.29. The molecule has 2 fully saturated rings. The topological polar surface area (TPSA) is 20.2 Å². The summed E-state index contributed by atoms with van der Waals surface area (Å²) in [5.74, 6) is 0.470. The van der Waals surface area contributed by atoms with Crippen molar-refractivity contribution in [1.82, 2.24) is 0 Å². The SMILES string of the molecule is CCCCC1C=CC23CC2(C3)C1O. The van der Waals surface area contributed by atoms with Gasteiger partial charge in [0.15, 0.2) is 0 Å². The molecule has 2 atom stereocenters. The van der Waals surface area contributed by atoms with Gasteiger partial charge in [-0.1, -0.05) is 31.9 Å². The van der Waals surface area contributed by atoms with Crippen LogP contribution >= 0.6 is 0 Å². The predicted octanol–water partition coefficient (Wildman–Crippen LogP) is 2.50. The van der Waals surface area contributed by atoms with Gasteiger partial charge in [0.2, 0.25) is 0 Å². The highest BCUT2D eigenvalue weighted by molar-refractivity contribution is 5.43. The molecule has 1 N–H and O–H groups in total. The molecule has 3 aliphatic carbocycles. The van der Waals surface area contributed by atoms with Crippen molar-refractivity contribution in [2.45, 2.75) is 45.1 Å². The Balaban J connectivity index is 1.71. The second-order valence-electron chi connectivity index (χ2n) is 5.28. The first-order valence-electron chi connectivity index (χ1n) is 5.62. The molecule has 3 aliphatic rings. The number of unbranched alkanes of at least 4 members (excludes halogenated alkanes) is 1. The largest absolute Gasteiger partial charge is 0.392 e. The van der Waals surface area contributed by atoms with Crippen LogP contribution in [0.2, 0.25) is 0 Å². The maximum Gasteiger partial charge on any atom is 0.0667 e. The summed E-state index contributed by atoms with van der Waals surface area (Å²) in [6.07, 6.45) is 10.9. The minimum Gasteiger partial charge on any atom is -0.392 e. The highest BCUT2D eigenvalue weighted by Crippen LogP contribution is 2.90. The van der Waals surface area contributed by atoms with Gasteiger partial charge in [-0.05, 0) is 24.7 Å². The molecule has 1 heteroatoms. The summed E-state index contributed by atoms with van der Waals surface area (Å²) in [6.45, 7) is 2.22.